The zero-order valence-electron chi connectivity index (χ0n) is 12.2. The minimum absolute atomic E-state index is 0.139. The number of alkyl carbamates (subject to hydrolysis) is 1. The molecule has 0 rings (SSSR count). The van der Waals surface area contributed by atoms with Crippen molar-refractivity contribution >= 4 is 12.0 Å². The van der Waals surface area contributed by atoms with Gasteiger partial charge in [-0.05, 0) is 27.2 Å². The lowest BCUT2D eigenvalue weighted by atomic mass is 10.1. The normalized spacial score (nSPS) is 12.5. The molecule has 19 heavy (non-hydrogen) atoms. The Hall–Kier alpha value is -1.56. The summed E-state index contributed by atoms with van der Waals surface area (Å²) in [5, 5.41) is 4.99. The van der Waals surface area contributed by atoms with Crippen molar-refractivity contribution in [1.29, 1.82) is 0 Å². The Balaban J connectivity index is 3.88. The summed E-state index contributed by atoms with van der Waals surface area (Å²) in [4.78, 5) is 22.8. The average Bonchev–Trinajstić information content (AvgIpc) is 2.30. The Bertz CT molecular complexity index is 335. The van der Waals surface area contributed by atoms with Crippen LogP contribution in [-0.2, 0) is 9.53 Å². The first-order valence-electron chi connectivity index (χ1n) is 6.32. The maximum Gasteiger partial charge on any atom is 0.408 e. The largest absolute Gasteiger partial charge is 0.444 e. The first kappa shape index (κ1) is 17.4. The molecular formula is C13H25N3O3. The molecule has 0 aromatic carbocycles. The number of rotatable bonds is 6. The quantitative estimate of drug-likeness (QED) is 0.626. The highest BCUT2D eigenvalue weighted by atomic mass is 16.6. The number of ether oxygens (including phenoxy) is 1. The van der Waals surface area contributed by atoms with E-state index in [-0.39, 0.29) is 18.5 Å². The van der Waals surface area contributed by atoms with Crippen LogP contribution in [0.3, 0.4) is 0 Å². The molecule has 2 amide bonds. The van der Waals surface area contributed by atoms with Gasteiger partial charge in [0.05, 0.1) is 6.54 Å². The summed E-state index contributed by atoms with van der Waals surface area (Å²) >= 11 is 0. The van der Waals surface area contributed by atoms with Gasteiger partial charge in [0.2, 0.25) is 5.91 Å². The van der Waals surface area contributed by atoms with Gasteiger partial charge in [0.15, 0.2) is 0 Å². The van der Waals surface area contributed by atoms with Gasteiger partial charge in [-0.3, -0.25) is 4.79 Å². The van der Waals surface area contributed by atoms with E-state index in [9.17, 15) is 9.59 Å². The minimum Gasteiger partial charge on any atom is -0.444 e. The Labute approximate surface area is 114 Å². The van der Waals surface area contributed by atoms with Crippen molar-refractivity contribution in [3.8, 4) is 0 Å². The van der Waals surface area contributed by atoms with E-state index < -0.39 is 11.7 Å². The molecule has 0 radical (unpaired) electrons. The maximum atomic E-state index is 11.5. The van der Waals surface area contributed by atoms with Crippen molar-refractivity contribution in [2.24, 2.45) is 5.73 Å². The van der Waals surface area contributed by atoms with Crippen LogP contribution in [0.25, 0.3) is 0 Å². The fourth-order valence-electron chi connectivity index (χ4n) is 1.16. The first-order chi connectivity index (χ1) is 8.65. The van der Waals surface area contributed by atoms with Crippen LogP contribution in [-0.4, -0.2) is 36.7 Å². The molecule has 110 valence electrons. The van der Waals surface area contributed by atoms with Crippen LogP contribution in [0.2, 0.25) is 0 Å². The summed E-state index contributed by atoms with van der Waals surface area (Å²) in [5.74, 6) is -0.315. The number of amides is 2. The van der Waals surface area contributed by atoms with E-state index in [2.05, 4.69) is 17.2 Å². The topological polar surface area (TPSA) is 93.5 Å². The molecule has 6 nitrogen and oxygen atoms in total. The predicted octanol–water partition coefficient (Wildman–Crippen LogP) is 0.921. The molecule has 0 saturated heterocycles. The Morgan fingerprint density at radius 2 is 1.89 bits per heavy atom. The number of carbonyl (C=O) groups is 2. The predicted molar refractivity (Wildman–Crippen MR) is 74.7 cm³/mol. The van der Waals surface area contributed by atoms with E-state index in [1.165, 1.54) is 0 Å². The smallest absolute Gasteiger partial charge is 0.408 e. The molecule has 6 heteroatoms. The highest BCUT2D eigenvalue weighted by molar-refractivity contribution is 5.82. The van der Waals surface area contributed by atoms with Gasteiger partial charge in [-0.2, -0.15) is 0 Å². The highest BCUT2D eigenvalue weighted by Gasteiger charge is 2.16. The van der Waals surface area contributed by atoms with E-state index in [0.717, 1.165) is 12.0 Å². The molecule has 0 aliphatic rings. The number of hydrogen-bond donors (Lipinski definition) is 3. The zero-order valence-corrected chi connectivity index (χ0v) is 12.2. The number of nitrogens with one attached hydrogen (secondary N) is 2. The molecule has 0 aliphatic heterocycles. The van der Waals surface area contributed by atoms with Crippen LogP contribution in [0.1, 0.15) is 34.1 Å². The van der Waals surface area contributed by atoms with Crippen LogP contribution in [0.15, 0.2) is 12.2 Å². The molecule has 0 aromatic heterocycles. The van der Waals surface area contributed by atoms with E-state index >= 15 is 0 Å². The van der Waals surface area contributed by atoms with Crippen LogP contribution < -0.4 is 16.4 Å². The summed E-state index contributed by atoms with van der Waals surface area (Å²) < 4.78 is 5.00. The van der Waals surface area contributed by atoms with Crippen molar-refractivity contribution in [1.82, 2.24) is 10.6 Å². The molecule has 0 aromatic rings. The van der Waals surface area contributed by atoms with Gasteiger partial charge in [0, 0.05) is 12.6 Å². The number of carbonyl (C=O) groups excluding carboxylic acids is 2. The monoisotopic (exact) mass is 271 g/mol. The second-order valence-corrected chi connectivity index (χ2v) is 5.28. The Kier molecular flexibility index (Phi) is 7.14. The van der Waals surface area contributed by atoms with Gasteiger partial charge in [0.1, 0.15) is 5.60 Å². The summed E-state index contributed by atoms with van der Waals surface area (Å²) in [6.45, 7) is 11.2. The van der Waals surface area contributed by atoms with Gasteiger partial charge in [-0.1, -0.05) is 19.1 Å². The molecule has 0 bridgehead atoms. The molecule has 0 aliphatic carbocycles. The molecule has 0 heterocycles. The van der Waals surface area contributed by atoms with Gasteiger partial charge < -0.3 is 21.1 Å². The molecule has 0 spiro atoms. The minimum atomic E-state index is -0.620. The van der Waals surface area contributed by atoms with E-state index in [1.807, 2.05) is 6.92 Å². The number of nitrogens with two attached hydrogens (primary N) is 1. The van der Waals surface area contributed by atoms with Crippen molar-refractivity contribution in [2.45, 2.75) is 45.8 Å². The fourth-order valence-corrected chi connectivity index (χ4v) is 1.16. The SMILES string of the molecule is C=C(CC)[C@@H](N)CNC(=O)CNC(=O)OC(C)(C)C. The first-order valence-corrected chi connectivity index (χ1v) is 6.32. The molecule has 0 saturated carbocycles. The van der Waals surface area contributed by atoms with Gasteiger partial charge >= 0.3 is 6.09 Å². The second kappa shape index (κ2) is 7.78. The summed E-state index contributed by atoms with van der Waals surface area (Å²) in [7, 11) is 0. The van der Waals surface area contributed by atoms with Crippen molar-refractivity contribution in [3.63, 3.8) is 0 Å². The van der Waals surface area contributed by atoms with Crippen LogP contribution in [0.5, 0.6) is 0 Å². The van der Waals surface area contributed by atoms with E-state index in [4.69, 9.17) is 10.5 Å². The Morgan fingerprint density at radius 1 is 1.32 bits per heavy atom. The van der Waals surface area contributed by atoms with Gasteiger partial charge in [-0.25, -0.2) is 4.79 Å². The average molecular weight is 271 g/mol. The van der Waals surface area contributed by atoms with E-state index in [1.54, 1.807) is 20.8 Å². The van der Waals surface area contributed by atoms with E-state index in [0.29, 0.717) is 6.54 Å². The lowest BCUT2D eigenvalue weighted by Crippen LogP contribution is -2.43. The van der Waals surface area contributed by atoms with Crippen LogP contribution >= 0.6 is 0 Å². The zero-order chi connectivity index (χ0) is 15.1. The standard InChI is InChI=1S/C13H25N3O3/c1-6-9(2)10(14)7-15-11(17)8-16-12(18)19-13(3,4)5/h10H,2,6-8,14H2,1,3-5H3,(H,15,17)(H,16,18)/t10-/m0/s1. The maximum absolute atomic E-state index is 11.5. The molecular weight excluding hydrogens is 246 g/mol. The van der Waals surface area contributed by atoms with Crippen LogP contribution in [0.4, 0.5) is 4.79 Å². The third-order valence-corrected chi connectivity index (χ3v) is 2.29. The lowest BCUT2D eigenvalue weighted by molar-refractivity contribution is -0.120. The third kappa shape index (κ3) is 9.07. The molecule has 1 atom stereocenters. The van der Waals surface area contributed by atoms with Crippen molar-refractivity contribution in [2.75, 3.05) is 13.1 Å². The summed E-state index contributed by atoms with van der Waals surface area (Å²) in [6, 6.07) is -0.268. The van der Waals surface area contributed by atoms with Gasteiger partial charge in [0.25, 0.3) is 0 Å². The highest BCUT2D eigenvalue weighted by Crippen LogP contribution is 2.06. The summed E-state index contributed by atoms with van der Waals surface area (Å²) in [5.41, 5.74) is 6.08. The fraction of sp³-hybridized carbons (Fsp3) is 0.692. The van der Waals surface area contributed by atoms with Crippen molar-refractivity contribution < 1.29 is 14.3 Å². The van der Waals surface area contributed by atoms with Gasteiger partial charge in [-0.15, -0.1) is 0 Å². The lowest BCUT2D eigenvalue weighted by Gasteiger charge is -2.19. The van der Waals surface area contributed by atoms with Crippen LogP contribution in [0, 0.1) is 0 Å². The number of hydrogen-bond acceptors (Lipinski definition) is 4. The molecule has 4 N–H and O–H groups in total. The Morgan fingerprint density at radius 3 is 2.37 bits per heavy atom. The third-order valence-electron chi connectivity index (χ3n) is 2.29. The molecule has 0 fully saturated rings. The molecule has 0 unspecified atom stereocenters. The summed E-state index contributed by atoms with van der Waals surface area (Å²) in [6.07, 6.45) is 0.151. The van der Waals surface area contributed by atoms with Crippen molar-refractivity contribution in [3.05, 3.63) is 12.2 Å². The second-order valence-electron chi connectivity index (χ2n) is 5.28.